The second-order valence-corrected chi connectivity index (χ2v) is 6.18. The molecular weight excluding hydrogens is 276 g/mol. The third-order valence-corrected chi connectivity index (χ3v) is 3.32. The topological polar surface area (TPSA) is 27.7 Å². The molecule has 0 amide bonds. The standard InChI is InChI=1S/C16H33ClO3/c1-4-5-8-18-10-12-20-13-11-19-9-6-7-16(17)14-15(2)3/h15-16H,4-14H2,1-3H3. The average Bonchev–Trinajstić information content (AvgIpc) is 2.39. The van der Waals surface area contributed by atoms with Crippen LogP contribution in [0, 0.1) is 5.92 Å². The van der Waals surface area contributed by atoms with E-state index in [0.717, 1.165) is 38.9 Å². The first kappa shape index (κ1) is 20.2. The zero-order valence-corrected chi connectivity index (χ0v) is 14.3. The van der Waals surface area contributed by atoms with Gasteiger partial charge in [0.2, 0.25) is 0 Å². The summed E-state index contributed by atoms with van der Waals surface area (Å²) in [5, 5.41) is 0.287. The van der Waals surface area contributed by atoms with E-state index < -0.39 is 0 Å². The lowest BCUT2D eigenvalue weighted by Crippen LogP contribution is -2.11. The van der Waals surface area contributed by atoms with Crippen molar-refractivity contribution in [3.05, 3.63) is 0 Å². The number of hydrogen-bond donors (Lipinski definition) is 0. The van der Waals surface area contributed by atoms with E-state index in [1.165, 1.54) is 6.42 Å². The van der Waals surface area contributed by atoms with E-state index in [0.29, 0.717) is 32.3 Å². The van der Waals surface area contributed by atoms with Gasteiger partial charge in [0, 0.05) is 18.6 Å². The Labute approximate surface area is 130 Å². The molecule has 20 heavy (non-hydrogen) atoms. The van der Waals surface area contributed by atoms with E-state index in [9.17, 15) is 0 Å². The molecule has 0 saturated carbocycles. The normalized spacial score (nSPS) is 13.1. The van der Waals surface area contributed by atoms with Crippen LogP contribution in [0.15, 0.2) is 0 Å². The Balaban J connectivity index is 3.06. The smallest absolute Gasteiger partial charge is 0.0701 e. The van der Waals surface area contributed by atoms with Crippen LogP contribution in [0.4, 0.5) is 0 Å². The maximum absolute atomic E-state index is 6.22. The lowest BCUT2D eigenvalue weighted by atomic mass is 10.1. The summed E-state index contributed by atoms with van der Waals surface area (Å²) in [5.74, 6) is 0.673. The summed E-state index contributed by atoms with van der Waals surface area (Å²) in [5.41, 5.74) is 0. The first-order chi connectivity index (χ1) is 9.66. The minimum absolute atomic E-state index is 0.287. The zero-order valence-electron chi connectivity index (χ0n) is 13.5. The summed E-state index contributed by atoms with van der Waals surface area (Å²) in [6, 6.07) is 0. The number of alkyl halides is 1. The summed E-state index contributed by atoms with van der Waals surface area (Å²) < 4.78 is 16.3. The van der Waals surface area contributed by atoms with Crippen molar-refractivity contribution in [2.75, 3.05) is 39.6 Å². The van der Waals surface area contributed by atoms with Gasteiger partial charge in [0.25, 0.3) is 0 Å². The van der Waals surface area contributed by atoms with E-state index in [4.69, 9.17) is 25.8 Å². The summed E-state index contributed by atoms with van der Waals surface area (Å²) in [6.07, 6.45) is 5.45. The molecule has 0 fully saturated rings. The van der Waals surface area contributed by atoms with E-state index in [-0.39, 0.29) is 5.38 Å². The predicted molar refractivity (Wildman–Crippen MR) is 85.7 cm³/mol. The van der Waals surface area contributed by atoms with Crippen molar-refractivity contribution < 1.29 is 14.2 Å². The molecular formula is C16H33ClO3. The van der Waals surface area contributed by atoms with E-state index in [1.807, 2.05) is 0 Å². The molecule has 122 valence electrons. The van der Waals surface area contributed by atoms with Gasteiger partial charge in [-0.1, -0.05) is 27.2 Å². The Morgan fingerprint density at radius 1 is 0.800 bits per heavy atom. The highest BCUT2D eigenvalue weighted by Crippen LogP contribution is 2.15. The summed E-state index contributed by atoms with van der Waals surface area (Å²) in [7, 11) is 0. The molecule has 0 radical (unpaired) electrons. The van der Waals surface area contributed by atoms with Crippen LogP contribution in [-0.2, 0) is 14.2 Å². The second kappa shape index (κ2) is 15.6. The molecule has 0 spiro atoms. The Morgan fingerprint density at radius 3 is 1.80 bits per heavy atom. The van der Waals surface area contributed by atoms with Crippen molar-refractivity contribution in [2.45, 2.75) is 58.3 Å². The van der Waals surface area contributed by atoms with Gasteiger partial charge >= 0.3 is 0 Å². The minimum Gasteiger partial charge on any atom is -0.379 e. The van der Waals surface area contributed by atoms with Gasteiger partial charge in [-0.25, -0.2) is 0 Å². The SMILES string of the molecule is CCCCOCCOCCOCCCC(Cl)CC(C)C. The fourth-order valence-corrected chi connectivity index (χ4v) is 2.34. The van der Waals surface area contributed by atoms with Crippen LogP contribution in [0.25, 0.3) is 0 Å². The Bertz CT molecular complexity index is 189. The van der Waals surface area contributed by atoms with Gasteiger partial charge in [-0.2, -0.15) is 0 Å². The largest absolute Gasteiger partial charge is 0.379 e. The molecule has 0 aliphatic carbocycles. The van der Waals surface area contributed by atoms with Gasteiger partial charge in [0.15, 0.2) is 0 Å². The Morgan fingerprint density at radius 2 is 1.30 bits per heavy atom. The molecule has 0 bridgehead atoms. The maximum atomic E-state index is 6.22. The van der Waals surface area contributed by atoms with Crippen molar-refractivity contribution in [1.82, 2.24) is 0 Å². The van der Waals surface area contributed by atoms with Crippen molar-refractivity contribution >= 4 is 11.6 Å². The highest BCUT2D eigenvalue weighted by Gasteiger charge is 2.06. The molecule has 4 heteroatoms. The third kappa shape index (κ3) is 16.2. The first-order valence-electron chi connectivity index (χ1n) is 8.04. The summed E-state index contributed by atoms with van der Waals surface area (Å²) in [6.45, 7) is 10.8. The molecule has 0 aromatic rings. The van der Waals surface area contributed by atoms with Gasteiger partial charge in [0.1, 0.15) is 0 Å². The molecule has 0 saturated heterocycles. The van der Waals surface area contributed by atoms with Gasteiger partial charge in [-0.3, -0.25) is 0 Å². The molecule has 0 rings (SSSR count). The fourth-order valence-electron chi connectivity index (χ4n) is 1.82. The van der Waals surface area contributed by atoms with Crippen LogP contribution in [-0.4, -0.2) is 45.0 Å². The van der Waals surface area contributed by atoms with Gasteiger partial charge in [0.05, 0.1) is 26.4 Å². The monoisotopic (exact) mass is 308 g/mol. The average molecular weight is 309 g/mol. The molecule has 1 atom stereocenters. The number of unbranched alkanes of at least 4 members (excludes halogenated alkanes) is 1. The lowest BCUT2D eigenvalue weighted by molar-refractivity contribution is 0.0134. The van der Waals surface area contributed by atoms with Crippen molar-refractivity contribution in [1.29, 1.82) is 0 Å². The zero-order chi connectivity index (χ0) is 15.1. The Hall–Kier alpha value is 0.170. The van der Waals surface area contributed by atoms with Crippen molar-refractivity contribution in [2.24, 2.45) is 5.92 Å². The lowest BCUT2D eigenvalue weighted by Gasteiger charge is -2.11. The first-order valence-corrected chi connectivity index (χ1v) is 8.47. The predicted octanol–water partition coefficient (Wildman–Crippen LogP) is 4.27. The second-order valence-electron chi connectivity index (χ2n) is 5.56. The van der Waals surface area contributed by atoms with E-state index in [1.54, 1.807) is 0 Å². The van der Waals surface area contributed by atoms with Crippen LogP contribution in [0.5, 0.6) is 0 Å². The highest BCUT2D eigenvalue weighted by atomic mass is 35.5. The molecule has 0 aromatic carbocycles. The van der Waals surface area contributed by atoms with Crippen molar-refractivity contribution in [3.8, 4) is 0 Å². The molecule has 0 aliphatic rings. The van der Waals surface area contributed by atoms with Gasteiger partial charge < -0.3 is 14.2 Å². The van der Waals surface area contributed by atoms with E-state index >= 15 is 0 Å². The minimum atomic E-state index is 0.287. The van der Waals surface area contributed by atoms with Gasteiger partial charge in [-0.05, 0) is 31.6 Å². The van der Waals surface area contributed by atoms with Crippen molar-refractivity contribution in [3.63, 3.8) is 0 Å². The highest BCUT2D eigenvalue weighted by molar-refractivity contribution is 6.20. The van der Waals surface area contributed by atoms with E-state index in [2.05, 4.69) is 20.8 Å². The Kier molecular flexibility index (Phi) is 15.7. The number of hydrogen-bond acceptors (Lipinski definition) is 3. The van der Waals surface area contributed by atoms with Crippen LogP contribution in [0.1, 0.15) is 52.9 Å². The molecule has 0 N–H and O–H groups in total. The van der Waals surface area contributed by atoms with Crippen LogP contribution in [0.2, 0.25) is 0 Å². The van der Waals surface area contributed by atoms with Crippen LogP contribution >= 0.6 is 11.6 Å². The fraction of sp³-hybridized carbons (Fsp3) is 1.00. The molecule has 3 nitrogen and oxygen atoms in total. The number of halogens is 1. The number of rotatable bonds is 15. The molecule has 1 unspecified atom stereocenters. The quantitative estimate of drug-likeness (QED) is 0.334. The third-order valence-electron chi connectivity index (χ3n) is 2.92. The maximum Gasteiger partial charge on any atom is 0.0701 e. The van der Waals surface area contributed by atoms with Crippen LogP contribution in [0.3, 0.4) is 0 Å². The summed E-state index contributed by atoms with van der Waals surface area (Å²) in [4.78, 5) is 0. The van der Waals surface area contributed by atoms with Gasteiger partial charge in [-0.15, -0.1) is 11.6 Å². The van der Waals surface area contributed by atoms with Crippen LogP contribution < -0.4 is 0 Å². The molecule has 0 aliphatic heterocycles. The molecule has 0 heterocycles. The summed E-state index contributed by atoms with van der Waals surface area (Å²) >= 11 is 6.22. The molecule has 0 aromatic heterocycles. The number of ether oxygens (including phenoxy) is 3.